The summed E-state index contributed by atoms with van der Waals surface area (Å²) < 4.78 is 11.6. The molecule has 1 heterocycles. The number of carbonyl (C=O) groups excluding carboxylic acids is 1. The van der Waals surface area contributed by atoms with Gasteiger partial charge in [0.25, 0.3) is 0 Å². The van der Waals surface area contributed by atoms with Crippen LogP contribution in [0.1, 0.15) is 44.4 Å². The van der Waals surface area contributed by atoms with Crippen molar-refractivity contribution in [2.45, 2.75) is 59.2 Å². The Morgan fingerprint density at radius 3 is 2.41 bits per heavy atom. The van der Waals surface area contributed by atoms with Gasteiger partial charge in [0.2, 0.25) is 5.91 Å². The number of ether oxygens (including phenoxy) is 2. The molecule has 0 saturated carbocycles. The third-order valence-corrected chi connectivity index (χ3v) is 6.20. The van der Waals surface area contributed by atoms with Crippen LogP contribution in [0.3, 0.4) is 0 Å². The molecule has 9 nitrogen and oxygen atoms in total. The van der Waals surface area contributed by atoms with Crippen molar-refractivity contribution in [2.75, 3.05) is 25.1 Å². The second-order valence-corrected chi connectivity index (χ2v) is 8.82. The van der Waals surface area contributed by atoms with E-state index in [4.69, 9.17) is 15.2 Å². The van der Waals surface area contributed by atoms with E-state index in [0.717, 1.165) is 34.3 Å². The number of hydrogen-bond donors (Lipinski definition) is 5. The number of aliphatic hydroxyl groups is 2. The first kappa shape index (κ1) is 28.2. The number of aliphatic hydroxyl groups excluding tert-OH is 2. The molecular formula is C28H38N4O5. The van der Waals surface area contributed by atoms with E-state index in [-0.39, 0.29) is 13.0 Å². The van der Waals surface area contributed by atoms with E-state index in [0.29, 0.717) is 42.3 Å². The second kappa shape index (κ2) is 13.2. The number of aromatic nitrogens is 1. The fraction of sp³-hybridized carbons (Fsp3) is 0.429. The normalized spacial score (nSPS) is 12.8. The molecule has 2 aromatic carbocycles. The minimum absolute atomic E-state index is 0.0255. The van der Waals surface area contributed by atoms with Crippen LogP contribution in [0, 0.1) is 0 Å². The third-order valence-electron chi connectivity index (χ3n) is 6.20. The molecule has 0 bridgehead atoms. The van der Waals surface area contributed by atoms with Crippen molar-refractivity contribution in [2.24, 2.45) is 5.73 Å². The van der Waals surface area contributed by atoms with Crippen LogP contribution >= 0.6 is 0 Å². The van der Waals surface area contributed by atoms with Gasteiger partial charge in [0.1, 0.15) is 0 Å². The second-order valence-electron chi connectivity index (χ2n) is 8.82. The maximum Gasteiger partial charge on any atom is 0.221 e. The lowest BCUT2D eigenvalue weighted by Gasteiger charge is -2.22. The number of nitrogens with one attached hydrogen (secondary N) is 2. The highest BCUT2D eigenvalue weighted by atomic mass is 16.5. The van der Waals surface area contributed by atoms with E-state index in [9.17, 15) is 15.0 Å². The van der Waals surface area contributed by atoms with Crippen molar-refractivity contribution >= 4 is 28.2 Å². The van der Waals surface area contributed by atoms with Crippen LogP contribution in [-0.4, -0.2) is 53.1 Å². The summed E-state index contributed by atoms with van der Waals surface area (Å²) in [4.78, 5) is 16.5. The molecule has 200 valence electrons. The highest BCUT2D eigenvalue weighted by Crippen LogP contribution is 2.38. The molecule has 9 heteroatoms. The predicted octanol–water partition coefficient (Wildman–Crippen LogP) is 3.20. The standard InChI is InChI=1S/C28H38N4O5/c1-5-20-18(14-31-24(16-33)17(4)34)9-8-10-22(20)32-28-19(11-27(29)35)15-30-23-13-26(37-7-3)25(36-6-2)12-21(23)28/h8-10,12-13,15,17,24,31,33-34H,5-7,11,14,16H2,1-4H3,(H2,29,35)(H,30,32)/t17-,24+/m0/s1. The summed E-state index contributed by atoms with van der Waals surface area (Å²) in [6.45, 7) is 8.81. The Morgan fingerprint density at radius 2 is 1.81 bits per heavy atom. The van der Waals surface area contributed by atoms with Crippen LogP contribution in [-0.2, 0) is 24.2 Å². The van der Waals surface area contributed by atoms with Crippen molar-refractivity contribution in [3.63, 3.8) is 0 Å². The molecule has 3 aromatic rings. The Labute approximate surface area is 218 Å². The molecule has 0 aliphatic rings. The van der Waals surface area contributed by atoms with Crippen LogP contribution in [0.25, 0.3) is 10.9 Å². The minimum Gasteiger partial charge on any atom is -0.490 e. The zero-order chi connectivity index (χ0) is 26.9. The maximum atomic E-state index is 11.9. The lowest BCUT2D eigenvalue weighted by molar-refractivity contribution is -0.117. The molecule has 0 saturated heterocycles. The fourth-order valence-electron chi connectivity index (χ4n) is 4.35. The van der Waals surface area contributed by atoms with E-state index in [1.54, 1.807) is 13.1 Å². The first-order valence-electron chi connectivity index (χ1n) is 12.7. The SMILES string of the molecule is CCOc1cc2ncc(CC(N)=O)c(Nc3cccc(CN[C@H](CO)[C@H](C)O)c3CC)c2cc1OCC. The molecular weight excluding hydrogens is 472 g/mol. The van der Waals surface area contributed by atoms with E-state index >= 15 is 0 Å². The van der Waals surface area contributed by atoms with E-state index < -0.39 is 18.1 Å². The van der Waals surface area contributed by atoms with Crippen molar-refractivity contribution in [1.29, 1.82) is 0 Å². The molecule has 3 rings (SSSR count). The Kier molecular flexibility index (Phi) is 10.1. The molecule has 6 N–H and O–H groups in total. The largest absolute Gasteiger partial charge is 0.490 e. The van der Waals surface area contributed by atoms with Gasteiger partial charge in [0.15, 0.2) is 11.5 Å². The average Bonchev–Trinajstić information content (AvgIpc) is 2.86. The molecule has 0 radical (unpaired) electrons. The molecule has 0 aliphatic heterocycles. The Bertz CT molecular complexity index is 1210. The van der Waals surface area contributed by atoms with Crippen LogP contribution < -0.4 is 25.8 Å². The smallest absolute Gasteiger partial charge is 0.221 e. The number of rotatable bonds is 14. The first-order valence-corrected chi connectivity index (χ1v) is 12.7. The zero-order valence-corrected chi connectivity index (χ0v) is 22.0. The van der Waals surface area contributed by atoms with Crippen molar-refractivity contribution in [1.82, 2.24) is 10.3 Å². The molecule has 1 aromatic heterocycles. The van der Waals surface area contributed by atoms with Gasteiger partial charge in [0.05, 0.1) is 49.6 Å². The van der Waals surface area contributed by atoms with Crippen molar-refractivity contribution in [3.8, 4) is 11.5 Å². The molecule has 37 heavy (non-hydrogen) atoms. The van der Waals surface area contributed by atoms with E-state index in [1.165, 1.54) is 0 Å². The van der Waals surface area contributed by atoms with Gasteiger partial charge in [-0.3, -0.25) is 9.78 Å². The molecule has 0 spiro atoms. The Balaban J connectivity index is 2.11. The first-order chi connectivity index (χ1) is 17.8. The van der Waals surface area contributed by atoms with Gasteiger partial charge in [-0.2, -0.15) is 0 Å². The number of primary amides is 1. The molecule has 2 atom stereocenters. The predicted molar refractivity (Wildman–Crippen MR) is 145 cm³/mol. The van der Waals surface area contributed by atoms with E-state index in [1.807, 2.05) is 44.2 Å². The maximum absolute atomic E-state index is 11.9. The van der Waals surface area contributed by atoms with E-state index in [2.05, 4.69) is 22.5 Å². The van der Waals surface area contributed by atoms with Crippen LogP contribution in [0.5, 0.6) is 11.5 Å². The summed E-state index contributed by atoms with van der Waals surface area (Å²) in [5.74, 6) is 0.749. The number of nitrogens with two attached hydrogens (primary N) is 1. The molecule has 0 aliphatic carbocycles. The van der Waals surface area contributed by atoms with Gasteiger partial charge in [-0.25, -0.2) is 0 Å². The van der Waals surface area contributed by atoms with Gasteiger partial charge < -0.3 is 36.1 Å². The van der Waals surface area contributed by atoms with Gasteiger partial charge in [-0.15, -0.1) is 0 Å². The van der Waals surface area contributed by atoms with Crippen molar-refractivity contribution < 1.29 is 24.5 Å². The average molecular weight is 511 g/mol. The number of anilines is 2. The highest BCUT2D eigenvalue weighted by Gasteiger charge is 2.18. The summed E-state index contributed by atoms with van der Waals surface area (Å²) in [6.07, 6.45) is 1.75. The van der Waals surface area contributed by atoms with Crippen LogP contribution in [0.2, 0.25) is 0 Å². The van der Waals surface area contributed by atoms with Crippen molar-refractivity contribution in [3.05, 3.63) is 53.2 Å². The summed E-state index contributed by atoms with van der Waals surface area (Å²) >= 11 is 0. The lowest BCUT2D eigenvalue weighted by atomic mass is 10.0. The van der Waals surface area contributed by atoms with Crippen LogP contribution in [0.4, 0.5) is 11.4 Å². The van der Waals surface area contributed by atoms with Gasteiger partial charge in [0, 0.05) is 35.4 Å². The van der Waals surface area contributed by atoms with Gasteiger partial charge in [-0.05, 0) is 50.5 Å². The molecule has 0 fully saturated rings. The number of pyridine rings is 1. The quantitative estimate of drug-likeness (QED) is 0.223. The highest BCUT2D eigenvalue weighted by molar-refractivity contribution is 5.98. The lowest BCUT2D eigenvalue weighted by Crippen LogP contribution is -2.40. The number of hydrogen-bond acceptors (Lipinski definition) is 8. The Hall–Kier alpha value is -3.40. The Morgan fingerprint density at radius 1 is 1.11 bits per heavy atom. The summed E-state index contributed by atoms with van der Waals surface area (Å²) in [5, 5.41) is 27.0. The third kappa shape index (κ3) is 6.88. The number of carbonyl (C=O) groups is 1. The monoisotopic (exact) mass is 510 g/mol. The van der Waals surface area contributed by atoms with Crippen LogP contribution in [0.15, 0.2) is 36.5 Å². The number of fused-ring (bicyclic) bond motifs is 1. The minimum atomic E-state index is -0.683. The fourth-order valence-corrected chi connectivity index (χ4v) is 4.35. The topological polar surface area (TPSA) is 139 Å². The van der Waals surface area contributed by atoms with Gasteiger partial charge in [-0.1, -0.05) is 19.1 Å². The van der Waals surface area contributed by atoms with Gasteiger partial charge >= 0.3 is 0 Å². The zero-order valence-electron chi connectivity index (χ0n) is 22.0. The molecule has 0 unspecified atom stereocenters. The molecule has 1 amide bonds. The number of amides is 1. The summed E-state index contributed by atoms with van der Waals surface area (Å²) in [5.41, 5.74) is 10.7. The summed E-state index contributed by atoms with van der Waals surface area (Å²) in [6, 6.07) is 9.25. The summed E-state index contributed by atoms with van der Waals surface area (Å²) in [7, 11) is 0. The number of nitrogens with zero attached hydrogens (tertiary/aromatic N) is 1. The number of benzene rings is 2.